The predicted octanol–water partition coefficient (Wildman–Crippen LogP) is 6.59. The van der Waals surface area contributed by atoms with E-state index in [0.29, 0.717) is 16.2 Å². The highest BCUT2D eigenvalue weighted by molar-refractivity contribution is 6.58. The van der Waals surface area contributed by atoms with Crippen molar-refractivity contribution in [2.24, 2.45) is 0 Å². The van der Waals surface area contributed by atoms with Crippen molar-refractivity contribution in [3.8, 4) is 11.3 Å². The van der Waals surface area contributed by atoms with Gasteiger partial charge in [0.2, 0.25) is 0 Å². The molecule has 0 atom stereocenters. The number of benzene rings is 4. The number of fused-ring (bicyclic) bond motifs is 2. The Morgan fingerprint density at radius 2 is 1.26 bits per heavy atom. The van der Waals surface area contributed by atoms with Gasteiger partial charge in [0.15, 0.2) is 5.78 Å². The fourth-order valence-corrected chi connectivity index (χ4v) is 4.59. The van der Waals surface area contributed by atoms with Gasteiger partial charge < -0.3 is 15.2 Å². The average Bonchev–Trinajstić information content (AvgIpc) is 3.01. The number of ketones is 1. The van der Waals surface area contributed by atoms with Crippen molar-refractivity contribution in [2.75, 3.05) is 0 Å². The van der Waals surface area contributed by atoms with Gasteiger partial charge in [-0.1, -0.05) is 109 Å². The summed E-state index contributed by atoms with van der Waals surface area (Å²) in [5.74, 6) is -0.0334. The first-order valence-electron chi connectivity index (χ1n) is 13.7. The van der Waals surface area contributed by atoms with Gasteiger partial charge >= 0.3 is 7.12 Å². The second-order valence-electron chi connectivity index (χ2n) is 10.4. The minimum absolute atomic E-state index is 0.0334. The van der Waals surface area contributed by atoms with Gasteiger partial charge in [-0.2, -0.15) is 0 Å². The van der Waals surface area contributed by atoms with E-state index in [1.165, 1.54) is 24.4 Å². The number of carbonyl (C=O) groups is 1. The molecule has 0 spiro atoms. The molecule has 0 amide bonds. The Morgan fingerprint density at radius 3 is 1.79 bits per heavy atom. The second-order valence-corrected chi connectivity index (χ2v) is 10.7. The number of Topliss-reactive ketones (excluding diaryl/α,β-unsaturated/α-hetero) is 1. The molecule has 0 saturated carbocycles. The van der Waals surface area contributed by atoms with E-state index in [-0.39, 0.29) is 5.78 Å². The minimum Gasteiger partial charge on any atom is -0.423 e. The summed E-state index contributed by atoms with van der Waals surface area (Å²) in [6, 6.07) is 34.2. The quantitative estimate of drug-likeness (QED) is 0.122. The van der Waals surface area contributed by atoms with E-state index in [1.54, 1.807) is 32.2 Å². The van der Waals surface area contributed by atoms with Crippen LogP contribution in [0.2, 0.25) is 5.15 Å². The number of hydrogen-bond donors (Lipinski definition) is 3. The zero-order valence-electron chi connectivity index (χ0n) is 24.1. The summed E-state index contributed by atoms with van der Waals surface area (Å²) < 4.78 is 0. The molecule has 2 heterocycles. The van der Waals surface area contributed by atoms with Crippen molar-refractivity contribution >= 4 is 51.5 Å². The number of nitrogens with zero attached hydrogens (tertiary/aromatic N) is 2. The molecule has 0 bridgehead atoms. The average molecular weight is 591 g/mol. The highest BCUT2D eigenvalue weighted by Crippen LogP contribution is 2.28. The van der Waals surface area contributed by atoms with Crippen LogP contribution in [0.25, 0.3) is 32.8 Å². The van der Waals surface area contributed by atoms with Gasteiger partial charge in [0.25, 0.3) is 0 Å². The summed E-state index contributed by atoms with van der Waals surface area (Å²) >= 11 is 5.85. The third-order valence-electron chi connectivity index (χ3n) is 6.78. The summed E-state index contributed by atoms with van der Waals surface area (Å²) in [5.41, 5.74) is 3.09. The number of pyridine rings is 2. The fraction of sp³-hybridized carbons (Fsp3) is 0.114. The van der Waals surface area contributed by atoms with Crippen molar-refractivity contribution in [3.05, 3.63) is 138 Å². The van der Waals surface area contributed by atoms with Gasteiger partial charge in [0.1, 0.15) is 5.15 Å². The molecule has 216 valence electrons. The zero-order valence-corrected chi connectivity index (χ0v) is 24.9. The Bertz CT molecular complexity index is 1810. The molecular formula is C35H32BClN2O4. The van der Waals surface area contributed by atoms with Crippen LogP contribution in [0, 0.1) is 0 Å². The van der Waals surface area contributed by atoms with Gasteiger partial charge in [-0.05, 0) is 54.7 Å². The van der Waals surface area contributed by atoms with Crippen LogP contribution in [0.4, 0.5) is 0 Å². The summed E-state index contributed by atoms with van der Waals surface area (Å²) in [4.78, 5) is 19.3. The van der Waals surface area contributed by atoms with E-state index >= 15 is 0 Å². The topological polar surface area (TPSA) is 104 Å². The van der Waals surface area contributed by atoms with Crippen LogP contribution >= 0.6 is 11.6 Å². The molecule has 6 rings (SSSR count). The monoisotopic (exact) mass is 590 g/mol. The predicted molar refractivity (Wildman–Crippen MR) is 175 cm³/mol. The number of halogens is 1. The van der Waals surface area contributed by atoms with E-state index in [4.69, 9.17) is 21.6 Å². The van der Waals surface area contributed by atoms with Crippen molar-refractivity contribution in [1.29, 1.82) is 0 Å². The smallest absolute Gasteiger partial charge is 0.423 e. The molecule has 0 saturated heterocycles. The molecule has 6 aromatic rings. The Hall–Kier alpha value is -4.40. The van der Waals surface area contributed by atoms with Gasteiger partial charge in [-0.15, -0.1) is 0 Å². The van der Waals surface area contributed by atoms with Crippen LogP contribution in [0.3, 0.4) is 0 Å². The molecule has 6 nitrogen and oxygen atoms in total. The maximum atomic E-state index is 10.8. The van der Waals surface area contributed by atoms with Crippen molar-refractivity contribution in [1.82, 2.24) is 9.97 Å². The summed E-state index contributed by atoms with van der Waals surface area (Å²) in [5, 5.41) is 32.5. The largest absolute Gasteiger partial charge is 0.488 e. The highest BCUT2D eigenvalue weighted by Gasteiger charge is 2.16. The number of aromatic nitrogens is 2. The standard InChI is InChI=1S/C18H17NO.C9H6ClN.C8H9BO3/c1-18(2,20)15-9-7-14(8-10-15)17-16-6-4-3-5-13(16)11-12-19-17;10-9-8-4-2-1-3-7(8)5-6-11-9;1-6(10)7-2-4-8(5-3-7)9(11)12/h3-12,20H,1-2H3;1-6H;2-5,11-12H,1H3. The molecule has 0 radical (unpaired) electrons. The third kappa shape index (κ3) is 8.34. The molecule has 8 heteroatoms. The number of carbonyl (C=O) groups excluding carboxylic acids is 1. The Labute approximate surface area is 256 Å². The molecule has 0 aliphatic rings. The first kappa shape index (κ1) is 31.5. The van der Waals surface area contributed by atoms with Gasteiger partial charge in [-0.3, -0.25) is 9.78 Å². The number of rotatable bonds is 4. The third-order valence-corrected chi connectivity index (χ3v) is 7.08. The van der Waals surface area contributed by atoms with Crippen molar-refractivity contribution in [2.45, 2.75) is 26.4 Å². The van der Waals surface area contributed by atoms with Crippen molar-refractivity contribution < 1.29 is 19.9 Å². The van der Waals surface area contributed by atoms with Crippen LogP contribution in [0.1, 0.15) is 36.7 Å². The molecule has 0 unspecified atom stereocenters. The highest BCUT2D eigenvalue weighted by atomic mass is 35.5. The number of aliphatic hydroxyl groups is 1. The van der Waals surface area contributed by atoms with E-state index in [0.717, 1.165) is 33.0 Å². The summed E-state index contributed by atoms with van der Waals surface area (Å²) in [6.45, 7) is 5.04. The maximum absolute atomic E-state index is 10.8. The molecule has 3 N–H and O–H groups in total. The lowest BCUT2D eigenvalue weighted by Gasteiger charge is -2.18. The number of hydrogen-bond acceptors (Lipinski definition) is 6. The van der Waals surface area contributed by atoms with Crippen molar-refractivity contribution in [3.63, 3.8) is 0 Å². The first-order chi connectivity index (χ1) is 20.5. The van der Waals surface area contributed by atoms with Gasteiger partial charge in [-0.25, -0.2) is 4.98 Å². The zero-order chi connectivity index (χ0) is 31.0. The molecule has 0 fully saturated rings. The first-order valence-corrected chi connectivity index (χ1v) is 14.1. The van der Waals surface area contributed by atoms with E-state index in [2.05, 4.69) is 22.1 Å². The lowest BCUT2D eigenvalue weighted by atomic mass is 9.80. The Kier molecular flexibility index (Phi) is 10.4. The molecule has 4 aromatic carbocycles. The maximum Gasteiger partial charge on any atom is 0.488 e. The van der Waals surface area contributed by atoms with Crippen LogP contribution in [-0.2, 0) is 5.60 Å². The van der Waals surface area contributed by atoms with E-state index in [9.17, 15) is 9.90 Å². The Morgan fingerprint density at radius 1 is 0.721 bits per heavy atom. The Balaban J connectivity index is 0.000000158. The SMILES string of the molecule is CC(=O)c1ccc(B(O)O)cc1.CC(C)(O)c1ccc(-c2nccc3ccccc23)cc1.Clc1nccc2ccccc12. The van der Waals surface area contributed by atoms with Gasteiger partial charge in [0, 0.05) is 34.3 Å². The van der Waals surface area contributed by atoms with Crippen LogP contribution in [-0.4, -0.2) is 38.0 Å². The van der Waals surface area contributed by atoms with E-state index in [1.807, 2.05) is 79.0 Å². The normalized spacial score (nSPS) is 10.8. The molecule has 0 aliphatic carbocycles. The molecule has 43 heavy (non-hydrogen) atoms. The molecular weight excluding hydrogens is 559 g/mol. The summed E-state index contributed by atoms with van der Waals surface area (Å²) in [7, 11) is -1.47. The van der Waals surface area contributed by atoms with Gasteiger partial charge in [0.05, 0.1) is 11.3 Å². The second kappa shape index (κ2) is 14.2. The lowest BCUT2D eigenvalue weighted by molar-refractivity contribution is 0.0786. The molecule has 2 aromatic heterocycles. The fourth-order valence-electron chi connectivity index (χ4n) is 4.36. The minimum atomic E-state index is -1.47. The van der Waals surface area contributed by atoms with Crippen LogP contribution < -0.4 is 5.46 Å². The van der Waals surface area contributed by atoms with Crippen LogP contribution in [0.15, 0.2) is 122 Å². The summed E-state index contributed by atoms with van der Waals surface area (Å²) in [6.07, 6.45) is 3.55. The van der Waals surface area contributed by atoms with Crippen LogP contribution in [0.5, 0.6) is 0 Å². The molecule has 0 aliphatic heterocycles. The lowest BCUT2D eigenvalue weighted by Crippen LogP contribution is -2.29. The van der Waals surface area contributed by atoms with E-state index < -0.39 is 12.7 Å².